The lowest BCUT2D eigenvalue weighted by molar-refractivity contribution is 0.322. The predicted octanol–water partition coefficient (Wildman–Crippen LogP) is 3.03. The minimum Gasteiger partial charge on any atom is -0.384 e. The first-order valence-corrected chi connectivity index (χ1v) is 7.47. The van der Waals surface area contributed by atoms with Crippen molar-refractivity contribution in [2.45, 2.75) is 20.0 Å². The lowest BCUT2D eigenvalue weighted by atomic mass is 10.1. The molecule has 1 aromatic heterocycles. The van der Waals surface area contributed by atoms with Crippen LogP contribution in [0.2, 0.25) is 0 Å². The van der Waals surface area contributed by atoms with Crippen LogP contribution < -0.4 is 0 Å². The van der Waals surface area contributed by atoms with Crippen molar-refractivity contribution in [3.63, 3.8) is 0 Å². The molecule has 0 radical (unpaired) electrons. The van der Waals surface area contributed by atoms with Gasteiger partial charge in [-0.15, -0.1) is 11.3 Å². The van der Waals surface area contributed by atoms with E-state index < -0.39 is 0 Å². The fourth-order valence-electron chi connectivity index (χ4n) is 2.02. The summed E-state index contributed by atoms with van der Waals surface area (Å²) >= 11 is 1.72. The second kappa shape index (κ2) is 7.25. The smallest absolute Gasteiger partial charge is 0.104 e. The second-order valence-electron chi connectivity index (χ2n) is 4.88. The molecule has 0 spiro atoms. The third kappa shape index (κ3) is 4.21. The third-order valence-corrected chi connectivity index (χ3v) is 3.94. The van der Waals surface area contributed by atoms with Crippen LogP contribution in [0, 0.1) is 18.8 Å². The number of aryl methyl sites for hydroxylation is 1. The van der Waals surface area contributed by atoms with Gasteiger partial charge in [0.25, 0.3) is 0 Å². The third-order valence-electron chi connectivity index (χ3n) is 3.03. The molecular formula is C17H19NOS. The topological polar surface area (TPSA) is 23.5 Å². The Hall–Kier alpha value is -1.60. The van der Waals surface area contributed by atoms with Crippen molar-refractivity contribution in [2.24, 2.45) is 0 Å². The molecule has 0 bridgehead atoms. The summed E-state index contributed by atoms with van der Waals surface area (Å²) in [4.78, 5) is 3.53. The lowest BCUT2D eigenvalue weighted by Gasteiger charge is -2.16. The Morgan fingerprint density at radius 2 is 1.90 bits per heavy atom. The summed E-state index contributed by atoms with van der Waals surface area (Å²) in [5, 5.41) is 10.8. The van der Waals surface area contributed by atoms with Crippen LogP contribution in [0.5, 0.6) is 0 Å². The first-order valence-electron chi connectivity index (χ1n) is 6.59. The summed E-state index contributed by atoms with van der Waals surface area (Å²) < 4.78 is 0. The number of aliphatic hydroxyl groups is 1. The minimum absolute atomic E-state index is 0.0888. The van der Waals surface area contributed by atoms with E-state index in [9.17, 15) is 0 Å². The molecule has 104 valence electrons. The molecule has 0 aliphatic rings. The maximum atomic E-state index is 8.77. The van der Waals surface area contributed by atoms with E-state index in [1.54, 1.807) is 11.3 Å². The molecule has 1 heterocycles. The predicted molar refractivity (Wildman–Crippen MR) is 84.6 cm³/mol. The van der Waals surface area contributed by atoms with E-state index in [1.807, 2.05) is 6.07 Å². The molecule has 2 rings (SSSR count). The molecule has 3 heteroatoms. The zero-order valence-electron chi connectivity index (χ0n) is 11.9. The van der Waals surface area contributed by atoms with Crippen LogP contribution in [0.1, 0.15) is 21.6 Å². The molecule has 0 fully saturated rings. The van der Waals surface area contributed by atoms with E-state index in [-0.39, 0.29) is 6.61 Å². The van der Waals surface area contributed by atoms with Crippen molar-refractivity contribution in [1.29, 1.82) is 0 Å². The number of benzene rings is 1. The highest BCUT2D eigenvalue weighted by molar-refractivity contribution is 7.10. The molecule has 2 nitrogen and oxygen atoms in total. The van der Waals surface area contributed by atoms with Crippen molar-refractivity contribution in [1.82, 2.24) is 4.90 Å². The normalized spacial score (nSPS) is 10.4. The number of hydrogen-bond donors (Lipinski definition) is 1. The Labute approximate surface area is 124 Å². The molecule has 2 aromatic rings. The van der Waals surface area contributed by atoms with Crippen molar-refractivity contribution in [2.75, 3.05) is 13.7 Å². The summed E-state index contributed by atoms with van der Waals surface area (Å²) in [7, 11) is 2.11. The largest absolute Gasteiger partial charge is 0.384 e. The van der Waals surface area contributed by atoms with Crippen molar-refractivity contribution in [3.8, 4) is 11.8 Å². The molecule has 0 atom stereocenters. The van der Waals surface area contributed by atoms with E-state index in [0.717, 1.165) is 18.7 Å². The standard InChI is InChI=1S/C17H19NOS/c1-14-5-7-15(8-6-14)12-18(2)13-17-16(4-3-10-19)9-11-20-17/h5-9,11,19H,10,12-13H2,1-2H3. The molecule has 1 aromatic carbocycles. The van der Waals surface area contributed by atoms with Crippen LogP contribution in [-0.4, -0.2) is 23.7 Å². The van der Waals surface area contributed by atoms with Gasteiger partial charge in [0.1, 0.15) is 6.61 Å². The number of rotatable bonds is 4. The first-order chi connectivity index (χ1) is 9.69. The summed E-state index contributed by atoms with van der Waals surface area (Å²) in [5.74, 6) is 5.72. The molecule has 20 heavy (non-hydrogen) atoms. The van der Waals surface area contributed by atoms with Crippen molar-refractivity contribution >= 4 is 11.3 Å². The zero-order valence-corrected chi connectivity index (χ0v) is 12.7. The highest BCUT2D eigenvalue weighted by Crippen LogP contribution is 2.18. The molecule has 1 N–H and O–H groups in total. The van der Waals surface area contributed by atoms with Gasteiger partial charge in [-0.1, -0.05) is 41.7 Å². The zero-order chi connectivity index (χ0) is 14.4. The summed E-state index contributed by atoms with van der Waals surface area (Å²) in [6, 6.07) is 10.7. The lowest BCUT2D eigenvalue weighted by Crippen LogP contribution is -2.17. The van der Waals surface area contributed by atoms with Gasteiger partial charge in [0.2, 0.25) is 0 Å². The van der Waals surface area contributed by atoms with Gasteiger partial charge in [-0.2, -0.15) is 0 Å². The maximum absolute atomic E-state index is 8.77. The van der Waals surface area contributed by atoms with E-state index in [0.29, 0.717) is 0 Å². The van der Waals surface area contributed by atoms with Gasteiger partial charge in [0.05, 0.1) is 0 Å². The SMILES string of the molecule is Cc1ccc(CN(C)Cc2sccc2C#CCO)cc1. The molecule has 0 aliphatic heterocycles. The Kier molecular flexibility index (Phi) is 5.37. The summed E-state index contributed by atoms with van der Waals surface area (Å²) in [5.41, 5.74) is 3.63. The van der Waals surface area contributed by atoms with Gasteiger partial charge in [-0.05, 0) is 31.0 Å². The van der Waals surface area contributed by atoms with Gasteiger partial charge in [0, 0.05) is 23.5 Å². The first kappa shape index (κ1) is 14.8. The average molecular weight is 285 g/mol. The van der Waals surface area contributed by atoms with Crippen LogP contribution in [-0.2, 0) is 13.1 Å². The van der Waals surface area contributed by atoms with Crippen LogP contribution in [0.4, 0.5) is 0 Å². The Morgan fingerprint density at radius 3 is 2.60 bits per heavy atom. The fourth-order valence-corrected chi connectivity index (χ4v) is 2.92. The average Bonchev–Trinajstić information content (AvgIpc) is 2.86. The van der Waals surface area contributed by atoms with Gasteiger partial charge in [-0.25, -0.2) is 0 Å². The monoisotopic (exact) mass is 285 g/mol. The second-order valence-corrected chi connectivity index (χ2v) is 5.88. The Balaban J connectivity index is 1.99. The summed E-state index contributed by atoms with van der Waals surface area (Å²) in [6.45, 7) is 3.81. The molecule has 0 saturated heterocycles. The van der Waals surface area contributed by atoms with Gasteiger partial charge in [-0.3, -0.25) is 4.90 Å². The van der Waals surface area contributed by atoms with E-state index in [2.05, 4.69) is 60.4 Å². The van der Waals surface area contributed by atoms with E-state index in [1.165, 1.54) is 16.0 Å². The molecule has 0 unspecified atom stereocenters. The number of aliphatic hydroxyl groups excluding tert-OH is 1. The number of thiophene rings is 1. The minimum atomic E-state index is -0.0888. The molecule has 0 aliphatic carbocycles. The van der Waals surface area contributed by atoms with Gasteiger partial charge in [0.15, 0.2) is 0 Å². The fraction of sp³-hybridized carbons (Fsp3) is 0.294. The van der Waals surface area contributed by atoms with Gasteiger partial charge < -0.3 is 5.11 Å². The maximum Gasteiger partial charge on any atom is 0.104 e. The quantitative estimate of drug-likeness (QED) is 0.873. The van der Waals surface area contributed by atoms with Crippen LogP contribution in [0.25, 0.3) is 0 Å². The number of nitrogens with zero attached hydrogens (tertiary/aromatic N) is 1. The van der Waals surface area contributed by atoms with Crippen LogP contribution in [0.15, 0.2) is 35.7 Å². The van der Waals surface area contributed by atoms with Gasteiger partial charge >= 0.3 is 0 Å². The summed E-state index contributed by atoms with van der Waals surface area (Å²) in [6.07, 6.45) is 0. The molecule has 0 saturated carbocycles. The Bertz CT molecular complexity index is 604. The molecular weight excluding hydrogens is 266 g/mol. The number of hydrogen-bond acceptors (Lipinski definition) is 3. The molecule has 0 amide bonds. The van der Waals surface area contributed by atoms with E-state index >= 15 is 0 Å². The van der Waals surface area contributed by atoms with Crippen molar-refractivity contribution in [3.05, 3.63) is 57.3 Å². The van der Waals surface area contributed by atoms with E-state index in [4.69, 9.17) is 5.11 Å². The van der Waals surface area contributed by atoms with Crippen LogP contribution in [0.3, 0.4) is 0 Å². The van der Waals surface area contributed by atoms with Crippen molar-refractivity contribution < 1.29 is 5.11 Å². The Morgan fingerprint density at radius 1 is 1.15 bits per heavy atom. The van der Waals surface area contributed by atoms with Crippen LogP contribution >= 0.6 is 11.3 Å². The highest BCUT2D eigenvalue weighted by Gasteiger charge is 2.06. The highest BCUT2D eigenvalue weighted by atomic mass is 32.1.